The molecule has 1 heterocycles. The van der Waals surface area contributed by atoms with Gasteiger partial charge >= 0.3 is 0 Å². The first kappa shape index (κ1) is 11.8. The summed E-state index contributed by atoms with van der Waals surface area (Å²) in [5.74, 6) is 2.88. The zero-order chi connectivity index (χ0) is 11.4. The molecule has 1 unspecified atom stereocenters. The van der Waals surface area contributed by atoms with E-state index in [-0.39, 0.29) is 0 Å². The number of rotatable bonds is 4. The second kappa shape index (κ2) is 5.11. The number of aryl methyl sites for hydroxylation is 1. The summed E-state index contributed by atoms with van der Waals surface area (Å²) in [6, 6.07) is 8.10. The Morgan fingerprint density at radius 1 is 1.38 bits per heavy atom. The predicted octanol–water partition coefficient (Wildman–Crippen LogP) is 2.50. The summed E-state index contributed by atoms with van der Waals surface area (Å²) in [5, 5.41) is 10.2. The fourth-order valence-corrected chi connectivity index (χ4v) is 3.30. The maximum atomic E-state index is 10.2. The number of hydrogen-bond acceptors (Lipinski definition) is 3. The molecule has 3 heteroatoms. The van der Waals surface area contributed by atoms with E-state index in [0.29, 0.717) is 0 Å². The Morgan fingerprint density at radius 3 is 2.69 bits per heavy atom. The van der Waals surface area contributed by atoms with E-state index in [1.54, 1.807) is 7.11 Å². The number of ether oxygens (including phenoxy) is 1. The van der Waals surface area contributed by atoms with E-state index >= 15 is 0 Å². The second-order valence-corrected chi connectivity index (χ2v) is 5.48. The Kier molecular flexibility index (Phi) is 3.77. The van der Waals surface area contributed by atoms with E-state index in [2.05, 4.69) is 12.1 Å². The van der Waals surface area contributed by atoms with Crippen molar-refractivity contribution in [2.24, 2.45) is 0 Å². The third kappa shape index (κ3) is 2.92. The minimum Gasteiger partial charge on any atom is -0.497 e. The first-order chi connectivity index (χ1) is 7.72. The third-order valence-electron chi connectivity index (χ3n) is 3.12. The van der Waals surface area contributed by atoms with Crippen LogP contribution in [0.1, 0.15) is 18.4 Å². The Balaban J connectivity index is 1.89. The first-order valence-corrected chi connectivity index (χ1v) is 6.80. The fourth-order valence-electron chi connectivity index (χ4n) is 1.96. The molecular weight excluding hydrogens is 220 g/mol. The van der Waals surface area contributed by atoms with Gasteiger partial charge in [0.15, 0.2) is 0 Å². The van der Waals surface area contributed by atoms with Gasteiger partial charge in [0, 0.05) is 5.75 Å². The van der Waals surface area contributed by atoms with Crippen molar-refractivity contribution >= 4 is 11.8 Å². The van der Waals surface area contributed by atoms with E-state index in [1.165, 1.54) is 5.56 Å². The van der Waals surface area contributed by atoms with Crippen molar-refractivity contribution in [3.63, 3.8) is 0 Å². The van der Waals surface area contributed by atoms with Gasteiger partial charge in [-0.05, 0) is 42.7 Å². The van der Waals surface area contributed by atoms with E-state index in [0.717, 1.165) is 36.5 Å². The molecule has 0 aromatic heterocycles. The lowest BCUT2D eigenvalue weighted by Crippen LogP contribution is -2.28. The molecule has 0 saturated carbocycles. The molecule has 2 rings (SSSR count). The highest BCUT2D eigenvalue weighted by atomic mass is 32.2. The molecular formula is C13H18O2S. The topological polar surface area (TPSA) is 29.5 Å². The standard InChI is InChI=1S/C13H18O2S/c1-15-12-4-2-11(3-5-12)6-7-13(14)8-9-16-10-13/h2-5,14H,6-10H2,1H3. The molecule has 1 aliphatic heterocycles. The van der Waals surface area contributed by atoms with Crippen LogP contribution < -0.4 is 4.74 Å². The van der Waals surface area contributed by atoms with Crippen LogP contribution in [0.3, 0.4) is 0 Å². The lowest BCUT2D eigenvalue weighted by Gasteiger charge is -2.20. The highest BCUT2D eigenvalue weighted by molar-refractivity contribution is 7.99. The zero-order valence-corrected chi connectivity index (χ0v) is 10.4. The van der Waals surface area contributed by atoms with Gasteiger partial charge in [0.2, 0.25) is 0 Å². The first-order valence-electron chi connectivity index (χ1n) is 5.65. The molecule has 88 valence electrons. The van der Waals surface area contributed by atoms with Crippen molar-refractivity contribution in [3.8, 4) is 5.75 Å². The molecule has 1 N–H and O–H groups in total. The maximum Gasteiger partial charge on any atom is 0.118 e. The van der Waals surface area contributed by atoms with E-state index in [4.69, 9.17) is 4.74 Å². The maximum absolute atomic E-state index is 10.2. The molecule has 16 heavy (non-hydrogen) atoms. The van der Waals surface area contributed by atoms with Crippen molar-refractivity contribution in [2.45, 2.75) is 24.9 Å². The number of methoxy groups -OCH3 is 1. The summed E-state index contributed by atoms with van der Waals surface area (Å²) >= 11 is 1.85. The Labute approximate surface area is 101 Å². The average molecular weight is 238 g/mol. The summed E-state index contributed by atoms with van der Waals surface area (Å²) in [6.45, 7) is 0. The molecule has 0 aliphatic carbocycles. The van der Waals surface area contributed by atoms with Gasteiger partial charge in [-0.1, -0.05) is 12.1 Å². The van der Waals surface area contributed by atoms with Gasteiger partial charge < -0.3 is 9.84 Å². The molecule has 1 aliphatic rings. The van der Waals surface area contributed by atoms with Gasteiger partial charge in [0.1, 0.15) is 5.75 Å². The summed E-state index contributed by atoms with van der Waals surface area (Å²) in [7, 11) is 1.67. The number of benzene rings is 1. The Hall–Kier alpha value is -0.670. The normalized spacial score (nSPS) is 24.6. The molecule has 1 aromatic rings. The van der Waals surface area contributed by atoms with Crippen LogP contribution in [0.15, 0.2) is 24.3 Å². The SMILES string of the molecule is COc1ccc(CCC2(O)CCSC2)cc1. The lowest BCUT2D eigenvalue weighted by molar-refractivity contribution is 0.0593. The van der Waals surface area contributed by atoms with Crippen LogP contribution in [0, 0.1) is 0 Å². The van der Waals surface area contributed by atoms with Gasteiger partial charge in [-0.25, -0.2) is 0 Å². The van der Waals surface area contributed by atoms with Crippen molar-refractivity contribution in [1.82, 2.24) is 0 Å². The van der Waals surface area contributed by atoms with Gasteiger partial charge in [-0.2, -0.15) is 11.8 Å². The van der Waals surface area contributed by atoms with Crippen molar-refractivity contribution in [2.75, 3.05) is 18.6 Å². The third-order valence-corrected chi connectivity index (χ3v) is 4.35. The van der Waals surface area contributed by atoms with E-state index < -0.39 is 5.60 Å². The zero-order valence-electron chi connectivity index (χ0n) is 9.61. The monoisotopic (exact) mass is 238 g/mol. The van der Waals surface area contributed by atoms with Crippen LogP contribution in [0.4, 0.5) is 0 Å². The van der Waals surface area contributed by atoms with Gasteiger partial charge in [-0.3, -0.25) is 0 Å². The van der Waals surface area contributed by atoms with Crippen molar-refractivity contribution in [1.29, 1.82) is 0 Å². The summed E-state index contributed by atoms with van der Waals surface area (Å²) in [6.07, 6.45) is 2.75. The quantitative estimate of drug-likeness (QED) is 0.874. The number of thioether (sulfide) groups is 1. The molecule has 0 amide bonds. The predicted molar refractivity (Wildman–Crippen MR) is 68.2 cm³/mol. The molecule has 1 atom stereocenters. The smallest absolute Gasteiger partial charge is 0.118 e. The number of aliphatic hydroxyl groups is 1. The summed E-state index contributed by atoms with van der Waals surface area (Å²) in [5.41, 5.74) is 0.844. The second-order valence-electron chi connectivity index (χ2n) is 4.38. The molecule has 0 spiro atoms. The lowest BCUT2D eigenvalue weighted by atomic mass is 9.94. The molecule has 1 fully saturated rings. The molecule has 0 bridgehead atoms. The summed E-state index contributed by atoms with van der Waals surface area (Å²) in [4.78, 5) is 0. The minimum atomic E-state index is -0.426. The molecule has 1 aromatic carbocycles. The fraction of sp³-hybridized carbons (Fsp3) is 0.538. The van der Waals surface area contributed by atoms with Crippen molar-refractivity contribution < 1.29 is 9.84 Å². The van der Waals surface area contributed by atoms with Gasteiger partial charge in [-0.15, -0.1) is 0 Å². The largest absolute Gasteiger partial charge is 0.497 e. The van der Waals surface area contributed by atoms with E-state index in [9.17, 15) is 5.11 Å². The Bertz CT molecular complexity index is 328. The van der Waals surface area contributed by atoms with Crippen molar-refractivity contribution in [3.05, 3.63) is 29.8 Å². The molecule has 1 saturated heterocycles. The van der Waals surface area contributed by atoms with Crippen LogP contribution >= 0.6 is 11.8 Å². The Morgan fingerprint density at radius 2 is 2.12 bits per heavy atom. The van der Waals surface area contributed by atoms with Gasteiger partial charge in [0.05, 0.1) is 12.7 Å². The highest BCUT2D eigenvalue weighted by Gasteiger charge is 2.30. The van der Waals surface area contributed by atoms with Crippen LogP contribution in [0.25, 0.3) is 0 Å². The average Bonchev–Trinajstić information content (AvgIpc) is 2.75. The highest BCUT2D eigenvalue weighted by Crippen LogP contribution is 2.31. The van der Waals surface area contributed by atoms with Crippen LogP contribution in [0.5, 0.6) is 5.75 Å². The minimum absolute atomic E-state index is 0.426. The summed E-state index contributed by atoms with van der Waals surface area (Å²) < 4.78 is 5.11. The van der Waals surface area contributed by atoms with Gasteiger partial charge in [0.25, 0.3) is 0 Å². The van der Waals surface area contributed by atoms with Crippen LogP contribution in [0.2, 0.25) is 0 Å². The molecule has 2 nitrogen and oxygen atoms in total. The number of hydrogen-bond donors (Lipinski definition) is 1. The molecule has 0 radical (unpaired) electrons. The van der Waals surface area contributed by atoms with Crippen LogP contribution in [-0.2, 0) is 6.42 Å². The van der Waals surface area contributed by atoms with Crippen LogP contribution in [-0.4, -0.2) is 29.3 Å². The van der Waals surface area contributed by atoms with E-state index in [1.807, 2.05) is 23.9 Å².